The first-order chi connectivity index (χ1) is 20.0. The number of benzene rings is 1. The van der Waals surface area contributed by atoms with E-state index >= 15 is 0 Å². The Kier molecular flexibility index (Phi) is 8.46. The molecule has 2 unspecified atom stereocenters. The molecule has 1 fully saturated rings. The molecule has 1 aliphatic rings. The number of carbonyl (C=O) groups excluding carboxylic acids is 3. The number of hydrogen-bond donors (Lipinski definition) is 1. The molecule has 5 rings (SSSR count). The zero-order valence-corrected chi connectivity index (χ0v) is 25.7. The van der Waals surface area contributed by atoms with Crippen LogP contribution in [0, 0.1) is 19.8 Å². The summed E-state index contributed by atoms with van der Waals surface area (Å²) in [5.41, 5.74) is 4.25. The second kappa shape index (κ2) is 12.1. The molecule has 0 saturated carbocycles. The highest BCUT2D eigenvalue weighted by atomic mass is 79.9. The van der Waals surface area contributed by atoms with E-state index in [4.69, 9.17) is 4.74 Å². The van der Waals surface area contributed by atoms with Crippen molar-refractivity contribution in [3.05, 3.63) is 63.9 Å². The van der Waals surface area contributed by atoms with Crippen LogP contribution in [0.1, 0.15) is 47.7 Å². The van der Waals surface area contributed by atoms with Gasteiger partial charge < -0.3 is 15.0 Å². The number of nitrogens with zero attached hydrogens (tertiary/aromatic N) is 6. The Hall–Kier alpha value is -4.03. The molecule has 4 aromatic rings. The van der Waals surface area contributed by atoms with Crippen LogP contribution < -0.4 is 5.32 Å². The molecule has 0 bridgehead atoms. The lowest BCUT2D eigenvalue weighted by Crippen LogP contribution is -2.44. The van der Waals surface area contributed by atoms with Gasteiger partial charge in [0.05, 0.1) is 5.52 Å². The van der Waals surface area contributed by atoms with E-state index in [-0.39, 0.29) is 35.8 Å². The van der Waals surface area contributed by atoms with E-state index in [2.05, 4.69) is 41.3 Å². The minimum Gasteiger partial charge on any atom is -0.377 e. The molecule has 12 heteroatoms. The third-order valence-corrected chi connectivity index (χ3v) is 7.84. The molecular weight excluding hydrogens is 602 g/mol. The van der Waals surface area contributed by atoms with E-state index in [1.807, 2.05) is 39.0 Å². The zero-order valence-electron chi connectivity index (χ0n) is 24.1. The molecule has 11 nitrogen and oxygen atoms in total. The number of anilines is 1. The Labute approximate surface area is 251 Å². The van der Waals surface area contributed by atoms with Gasteiger partial charge in [-0.15, -0.1) is 0 Å². The van der Waals surface area contributed by atoms with Crippen molar-refractivity contribution in [2.24, 2.45) is 5.92 Å². The SMILES string of the molecule is COCc1ncc(-c2cc(C)c3c(c2)c(C(C)=O)nn3CC(=O)N2CC(C)CC2C(=O)Nc2nc(Br)ccc2C)cn1. The number of rotatable bonds is 8. The minimum atomic E-state index is -0.643. The molecule has 218 valence electrons. The van der Waals surface area contributed by atoms with Gasteiger partial charge >= 0.3 is 0 Å². The van der Waals surface area contributed by atoms with Gasteiger partial charge in [-0.25, -0.2) is 15.0 Å². The molecule has 1 aliphatic heterocycles. The van der Waals surface area contributed by atoms with Crippen LogP contribution in [0.4, 0.5) is 5.82 Å². The summed E-state index contributed by atoms with van der Waals surface area (Å²) in [7, 11) is 1.59. The molecule has 3 aromatic heterocycles. The van der Waals surface area contributed by atoms with Crippen LogP contribution in [0.3, 0.4) is 0 Å². The van der Waals surface area contributed by atoms with Crippen molar-refractivity contribution in [3.63, 3.8) is 0 Å². The summed E-state index contributed by atoms with van der Waals surface area (Å²) >= 11 is 3.34. The van der Waals surface area contributed by atoms with Crippen molar-refractivity contribution >= 4 is 50.2 Å². The molecule has 0 spiro atoms. The van der Waals surface area contributed by atoms with Gasteiger partial charge in [-0.05, 0) is 77.0 Å². The number of aryl methyl sites for hydroxylation is 2. The molecule has 1 aromatic carbocycles. The maximum atomic E-state index is 13.7. The number of pyridine rings is 1. The van der Waals surface area contributed by atoms with Gasteiger partial charge in [0.2, 0.25) is 11.8 Å². The number of aromatic nitrogens is 5. The monoisotopic (exact) mass is 633 g/mol. The smallest absolute Gasteiger partial charge is 0.248 e. The molecule has 2 amide bonds. The Balaban J connectivity index is 1.43. The largest absolute Gasteiger partial charge is 0.377 e. The fourth-order valence-corrected chi connectivity index (χ4v) is 5.71. The fraction of sp³-hybridized carbons (Fsp3) is 0.367. The van der Waals surface area contributed by atoms with Crippen LogP contribution in [-0.4, -0.2) is 66.9 Å². The average molecular weight is 635 g/mol. The Bertz CT molecular complexity index is 1690. The molecule has 0 aliphatic carbocycles. The fourth-order valence-electron chi connectivity index (χ4n) is 5.40. The summed E-state index contributed by atoms with van der Waals surface area (Å²) in [6, 6.07) is 6.86. The predicted molar refractivity (Wildman–Crippen MR) is 161 cm³/mol. The summed E-state index contributed by atoms with van der Waals surface area (Å²) in [4.78, 5) is 54.3. The number of methoxy groups -OCH3 is 1. The maximum absolute atomic E-state index is 13.7. The van der Waals surface area contributed by atoms with E-state index in [1.165, 1.54) is 6.92 Å². The molecular formula is C30H32BrN7O4. The van der Waals surface area contributed by atoms with Crippen LogP contribution in [0.15, 0.2) is 41.3 Å². The maximum Gasteiger partial charge on any atom is 0.248 e. The first kappa shape index (κ1) is 29.5. The lowest BCUT2D eigenvalue weighted by atomic mass is 10.0. The number of carbonyl (C=O) groups is 3. The second-order valence-corrected chi connectivity index (χ2v) is 11.6. The average Bonchev–Trinajstić information content (AvgIpc) is 3.52. The van der Waals surface area contributed by atoms with Gasteiger partial charge in [-0.1, -0.05) is 13.0 Å². The van der Waals surface area contributed by atoms with Crippen molar-refractivity contribution in [1.82, 2.24) is 29.6 Å². The number of fused-ring (bicyclic) bond motifs is 1. The zero-order chi connectivity index (χ0) is 30.1. The third kappa shape index (κ3) is 5.95. The van der Waals surface area contributed by atoms with Crippen LogP contribution in [0.5, 0.6) is 0 Å². The predicted octanol–water partition coefficient (Wildman–Crippen LogP) is 4.49. The number of ether oxygens (including phenoxy) is 1. The first-order valence-electron chi connectivity index (χ1n) is 13.6. The first-order valence-corrected chi connectivity index (χ1v) is 14.4. The van der Waals surface area contributed by atoms with E-state index in [9.17, 15) is 14.4 Å². The molecule has 0 radical (unpaired) electrons. The molecule has 42 heavy (non-hydrogen) atoms. The number of ketones is 1. The standard InChI is InChI=1S/C30H32BrN7O4/c1-16-8-23(30(41)35-29-17(2)6-7-24(31)34-29)37(13-16)26(40)14-38-28-18(3)9-20(10-22(28)27(36-38)19(4)39)21-11-32-25(15-42-5)33-12-21/h6-7,9-12,16,23H,8,13-15H2,1-5H3,(H,34,35,41). The van der Waals surface area contributed by atoms with Gasteiger partial charge in [0, 0.05) is 43.9 Å². The number of Topliss-reactive ketones (excluding diaryl/α,β-unsaturated/α-hetero) is 1. The summed E-state index contributed by atoms with van der Waals surface area (Å²) in [6.45, 7) is 7.91. The summed E-state index contributed by atoms with van der Waals surface area (Å²) in [5.74, 6) is 0.430. The Morgan fingerprint density at radius 2 is 1.83 bits per heavy atom. The molecule has 2 atom stereocenters. The highest BCUT2D eigenvalue weighted by Crippen LogP contribution is 2.31. The lowest BCUT2D eigenvalue weighted by Gasteiger charge is -2.24. The van der Waals surface area contributed by atoms with Gasteiger partial charge in [0.25, 0.3) is 0 Å². The highest BCUT2D eigenvalue weighted by molar-refractivity contribution is 9.10. The van der Waals surface area contributed by atoms with Crippen LogP contribution in [0.2, 0.25) is 0 Å². The second-order valence-electron chi connectivity index (χ2n) is 10.8. The number of hydrogen-bond acceptors (Lipinski definition) is 8. The number of amides is 2. The van der Waals surface area contributed by atoms with Crippen molar-refractivity contribution in [3.8, 4) is 11.1 Å². The van der Waals surface area contributed by atoms with Crippen molar-refractivity contribution in [2.45, 2.75) is 53.3 Å². The van der Waals surface area contributed by atoms with Crippen LogP contribution in [0.25, 0.3) is 22.0 Å². The number of halogens is 1. The number of likely N-dealkylation sites (tertiary alicyclic amines) is 1. The molecule has 4 heterocycles. The van der Waals surface area contributed by atoms with Gasteiger partial charge in [-0.2, -0.15) is 5.10 Å². The summed E-state index contributed by atoms with van der Waals surface area (Å²) < 4.78 is 7.28. The van der Waals surface area contributed by atoms with E-state index < -0.39 is 6.04 Å². The van der Waals surface area contributed by atoms with Crippen LogP contribution >= 0.6 is 15.9 Å². The van der Waals surface area contributed by atoms with Crippen molar-refractivity contribution in [1.29, 1.82) is 0 Å². The van der Waals surface area contributed by atoms with Crippen LogP contribution in [-0.2, 0) is 27.5 Å². The molecule has 1 saturated heterocycles. The van der Waals surface area contributed by atoms with Crippen molar-refractivity contribution in [2.75, 3.05) is 19.0 Å². The van der Waals surface area contributed by atoms with Gasteiger partial charge in [0.1, 0.15) is 35.3 Å². The topological polar surface area (TPSA) is 132 Å². The van der Waals surface area contributed by atoms with E-state index in [1.54, 1.807) is 35.2 Å². The van der Waals surface area contributed by atoms with E-state index in [0.29, 0.717) is 46.7 Å². The molecule has 1 N–H and O–H groups in total. The summed E-state index contributed by atoms with van der Waals surface area (Å²) in [5, 5.41) is 8.11. The quantitative estimate of drug-likeness (QED) is 0.222. The highest BCUT2D eigenvalue weighted by Gasteiger charge is 2.38. The number of nitrogens with one attached hydrogen (secondary N) is 1. The van der Waals surface area contributed by atoms with Crippen molar-refractivity contribution < 1.29 is 19.1 Å². The Morgan fingerprint density at radius 3 is 2.52 bits per heavy atom. The summed E-state index contributed by atoms with van der Waals surface area (Å²) in [6.07, 6.45) is 3.97. The minimum absolute atomic E-state index is 0.108. The Morgan fingerprint density at radius 1 is 1.10 bits per heavy atom. The lowest BCUT2D eigenvalue weighted by molar-refractivity contribution is -0.137. The van der Waals surface area contributed by atoms with Gasteiger partial charge in [0.15, 0.2) is 11.6 Å². The van der Waals surface area contributed by atoms with E-state index in [0.717, 1.165) is 22.3 Å². The van der Waals surface area contributed by atoms with Gasteiger partial charge in [-0.3, -0.25) is 19.1 Å². The third-order valence-electron chi connectivity index (χ3n) is 7.40. The normalized spacial score (nSPS) is 16.7.